The number of nitrogens with two attached hydrogens (primary N) is 1. The van der Waals surface area contributed by atoms with Crippen molar-refractivity contribution in [3.8, 4) is 0 Å². The van der Waals surface area contributed by atoms with Gasteiger partial charge < -0.3 is 21.3 Å². The van der Waals surface area contributed by atoms with E-state index in [4.69, 9.17) is 5.73 Å². The molecule has 4 heteroatoms. The summed E-state index contributed by atoms with van der Waals surface area (Å²) in [7, 11) is 8.18. The largest absolute Gasteiger partial charge is 0.330 e. The Morgan fingerprint density at radius 3 is 1.00 bits per heavy atom. The molecule has 0 unspecified atom stereocenters. The Morgan fingerprint density at radius 2 is 0.929 bits per heavy atom. The maximum atomic E-state index is 5.14. The first-order valence-corrected chi connectivity index (χ1v) is 12.2. The molecule has 0 aromatic carbocycles. The SMILES string of the molecule is CC.CC.CCCCN.CCCCN(C)C.CCCCNC.CCCCNC. The van der Waals surface area contributed by atoms with Crippen LogP contribution in [0.5, 0.6) is 0 Å². The van der Waals surface area contributed by atoms with E-state index in [2.05, 4.69) is 57.3 Å². The van der Waals surface area contributed by atoms with E-state index < -0.39 is 0 Å². The molecule has 0 aromatic heterocycles. The van der Waals surface area contributed by atoms with Crippen LogP contribution in [-0.4, -0.2) is 59.3 Å². The van der Waals surface area contributed by atoms with Gasteiger partial charge in [0.15, 0.2) is 0 Å². The second kappa shape index (κ2) is 63.2. The molecule has 4 nitrogen and oxygen atoms in total. The average molecular weight is 409 g/mol. The van der Waals surface area contributed by atoms with Gasteiger partial charge in [0.05, 0.1) is 0 Å². The molecule has 0 saturated carbocycles. The molecule has 0 radical (unpaired) electrons. The second-order valence-electron chi connectivity index (χ2n) is 6.21. The third kappa shape index (κ3) is 114. The average Bonchev–Trinajstić information content (AvgIpc) is 2.74. The normalized spacial score (nSPS) is 8.36. The van der Waals surface area contributed by atoms with E-state index >= 15 is 0 Å². The van der Waals surface area contributed by atoms with E-state index in [1.54, 1.807) is 0 Å². The minimum atomic E-state index is 0.844. The maximum Gasteiger partial charge on any atom is -0.00249 e. The first-order valence-electron chi connectivity index (χ1n) is 12.2. The molecule has 0 bridgehead atoms. The molecule has 0 aliphatic rings. The number of unbranched alkanes of at least 4 members (excludes halogenated alkanes) is 4. The number of nitrogens with zero attached hydrogens (tertiary/aromatic N) is 1. The summed E-state index contributed by atoms with van der Waals surface area (Å²) in [6.07, 6.45) is 10.2. The summed E-state index contributed by atoms with van der Waals surface area (Å²) in [6, 6.07) is 0. The van der Waals surface area contributed by atoms with Crippen molar-refractivity contribution in [3.05, 3.63) is 0 Å². The van der Waals surface area contributed by atoms with E-state index in [1.807, 2.05) is 41.8 Å². The molecule has 0 aliphatic heterocycles. The number of nitrogens with one attached hydrogen (secondary N) is 2. The summed E-state index contributed by atoms with van der Waals surface area (Å²) in [5.41, 5.74) is 5.14. The van der Waals surface area contributed by atoms with Crippen LogP contribution in [0.1, 0.15) is 107 Å². The molecule has 0 amide bonds. The minimum Gasteiger partial charge on any atom is -0.330 e. The molecule has 0 fully saturated rings. The highest BCUT2D eigenvalue weighted by Crippen LogP contribution is 1.86. The monoisotopic (exact) mass is 409 g/mol. The van der Waals surface area contributed by atoms with Gasteiger partial charge in [-0.1, -0.05) is 81.1 Å². The van der Waals surface area contributed by atoms with Crippen molar-refractivity contribution in [3.63, 3.8) is 0 Å². The highest BCUT2D eigenvalue weighted by molar-refractivity contribution is 4.39. The summed E-state index contributed by atoms with van der Waals surface area (Å²) in [4.78, 5) is 2.21. The van der Waals surface area contributed by atoms with Crippen molar-refractivity contribution in [1.82, 2.24) is 15.5 Å². The number of rotatable bonds is 11. The Labute approximate surface area is 182 Å². The molecule has 0 heterocycles. The highest BCUT2D eigenvalue weighted by Gasteiger charge is 1.83. The van der Waals surface area contributed by atoms with Gasteiger partial charge in [0, 0.05) is 0 Å². The van der Waals surface area contributed by atoms with E-state index in [-0.39, 0.29) is 0 Å². The Bertz CT molecular complexity index is 136. The van der Waals surface area contributed by atoms with Crippen LogP contribution in [0.4, 0.5) is 0 Å². The number of hydrogen-bond acceptors (Lipinski definition) is 4. The molecule has 0 atom stereocenters. The van der Waals surface area contributed by atoms with Gasteiger partial charge in [-0.25, -0.2) is 0 Å². The lowest BCUT2D eigenvalue weighted by Crippen LogP contribution is -2.12. The Kier molecular flexibility index (Phi) is 94.9. The van der Waals surface area contributed by atoms with Crippen LogP contribution in [0.3, 0.4) is 0 Å². The number of hydrogen-bond donors (Lipinski definition) is 3. The summed E-state index contributed by atoms with van der Waals surface area (Å²) in [5.74, 6) is 0. The van der Waals surface area contributed by atoms with Gasteiger partial charge in [0.2, 0.25) is 0 Å². The molecule has 0 aromatic rings. The first kappa shape index (κ1) is 42.0. The molecule has 0 rings (SSSR count). The first-order chi connectivity index (χ1) is 13.5. The van der Waals surface area contributed by atoms with Gasteiger partial charge in [0.1, 0.15) is 0 Å². The van der Waals surface area contributed by atoms with Crippen molar-refractivity contribution < 1.29 is 0 Å². The third-order valence-corrected chi connectivity index (χ3v) is 3.08. The summed E-state index contributed by atoms with van der Waals surface area (Å²) in [5, 5.41) is 6.14. The van der Waals surface area contributed by atoms with Crippen LogP contribution in [-0.2, 0) is 0 Å². The standard InChI is InChI=1S/C6H15N.2C5H13N.C4H11N.2C2H6/c1-4-5-6-7(2)3;2*1-3-4-5-6-2;1-2-3-4-5;2*1-2/h4-6H2,1-3H3;2*6H,3-5H2,1-2H3;2-5H2,1H3;2*1-2H3. The predicted molar refractivity (Wildman–Crippen MR) is 138 cm³/mol. The van der Waals surface area contributed by atoms with Crippen molar-refractivity contribution in [2.45, 2.75) is 107 Å². The maximum absolute atomic E-state index is 5.14. The van der Waals surface area contributed by atoms with Gasteiger partial charge >= 0.3 is 0 Å². The van der Waals surface area contributed by atoms with Crippen LogP contribution in [0.2, 0.25) is 0 Å². The molecule has 4 N–H and O–H groups in total. The van der Waals surface area contributed by atoms with Gasteiger partial charge in [-0.2, -0.15) is 0 Å². The summed E-state index contributed by atoms with van der Waals surface area (Å²) in [6.45, 7) is 21.1. The molecule has 0 spiro atoms. The van der Waals surface area contributed by atoms with Gasteiger partial charge in [-0.3, -0.25) is 0 Å². The van der Waals surface area contributed by atoms with Crippen molar-refractivity contribution >= 4 is 0 Å². The molecule has 0 saturated heterocycles. The predicted octanol–water partition coefficient (Wildman–Crippen LogP) is 6.16. The lowest BCUT2D eigenvalue weighted by Gasteiger charge is -2.05. The van der Waals surface area contributed by atoms with E-state index in [9.17, 15) is 0 Å². The zero-order valence-electron chi connectivity index (χ0n) is 22.5. The molecular formula is C24H64N4. The van der Waals surface area contributed by atoms with Crippen molar-refractivity contribution in [1.29, 1.82) is 0 Å². The third-order valence-electron chi connectivity index (χ3n) is 3.08. The fraction of sp³-hybridized carbons (Fsp3) is 1.00. The van der Waals surface area contributed by atoms with E-state index in [0.29, 0.717) is 0 Å². The lowest BCUT2D eigenvalue weighted by atomic mass is 10.3. The second-order valence-corrected chi connectivity index (χ2v) is 6.21. The Balaban J connectivity index is -0.0000000545. The van der Waals surface area contributed by atoms with Crippen LogP contribution >= 0.6 is 0 Å². The van der Waals surface area contributed by atoms with Crippen LogP contribution in [0.15, 0.2) is 0 Å². The summed E-state index contributed by atoms with van der Waals surface area (Å²) < 4.78 is 0. The highest BCUT2D eigenvalue weighted by atomic mass is 15.0. The summed E-state index contributed by atoms with van der Waals surface area (Å²) >= 11 is 0. The molecule has 180 valence electrons. The topological polar surface area (TPSA) is 53.3 Å². The fourth-order valence-corrected chi connectivity index (χ4v) is 1.39. The molecular weight excluding hydrogens is 344 g/mol. The van der Waals surface area contributed by atoms with Gasteiger partial charge in [-0.05, 0) is 80.1 Å². The van der Waals surface area contributed by atoms with Crippen LogP contribution in [0.25, 0.3) is 0 Å². The van der Waals surface area contributed by atoms with Crippen LogP contribution in [0, 0.1) is 0 Å². The lowest BCUT2D eigenvalue weighted by molar-refractivity contribution is 0.398. The van der Waals surface area contributed by atoms with Crippen molar-refractivity contribution in [2.75, 3.05) is 54.4 Å². The van der Waals surface area contributed by atoms with E-state index in [1.165, 1.54) is 57.9 Å². The Morgan fingerprint density at radius 1 is 0.607 bits per heavy atom. The Hall–Kier alpha value is -0.160. The zero-order valence-corrected chi connectivity index (χ0v) is 22.5. The minimum absolute atomic E-state index is 0.844. The molecule has 28 heavy (non-hydrogen) atoms. The van der Waals surface area contributed by atoms with Crippen molar-refractivity contribution in [2.24, 2.45) is 5.73 Å². The molecule has 0 aliphatic carbocycles. The van der Waals surface area contributed by atoms with E-state index in [0.717, 1.165) is 19.6 Å². The fourth-order valence-electron chi connectivity index (χ4n) is 1.39. The van der Waals surface area contributed by atoms with Gasteiger partial charge in [-0.15, -0.1) is 0 Å². The zero-order chi connectivity index (χ0) is 23.5. The quantitative estimate of drug-likeness (QED) is 0.358. The smallest absolute Gasteiger partial charge is 0.00249 e. The van der Waals surface area contributed by atoms with Gasteiger partial charge in [0.25, 0.3) is 0 Å². The van der Waals surface area contributed by atoms with Crippen LogP contribution < -0.4 is 16.4 Å².